The molecular formula is C18H13ClF2N4. The van der Waals surface area contributed by atoms with Gasteiger partial charge in [0.1, 0.15) is 11.6 Å². The number of benzene rings is 2. The molecule has 2 heterocycles. The first-order valence-electron chi connectivity index (χ1n) is 7.61. The summed E-state index contributed by atoms with van der Waals surface area (Å²) >= 11 is 5.95. The summed E-state index contributed by atoms with van der Waals surface area (Å²) in [5, 5.41) is 0.588. The maximum atomic E-state index is 13.9. The summed E-state index contributed by atoms with van der Waals surface area (Å²) in [5.41, 5.74) is 1.97. The van der Waals surface area contributed by atoms with E-state index in [1.165, 1.54) is 24.5 Å². The second-order valence-corrected chi connectivity index (χ2v) is 6.12. The standard InChI is InChI=1S/C18H13ClF2N4/c1-11-23-16-8-13(20)4-7-17(16)25(11)18-22-9-14(21)10-24(18)15-5-2-12(19)3-6-15/h2-10,18H,1H3. The molecule has 1 aromatic heterocycles. The summed E-state index contributed by atoms with van der Waals surface area (Å²) < 4.78 is 29.2. The molecule has 2 aromatic carbocycles. The molecule has 1 unspecified atom stereocenters. The topological polar surface area (TPSA) is 33.4 Å². The molecule has 25 heavy (non-hydrogen) atoms. The van der Waals surface area contributed by atoms with Gasteiger partial charge in [-0.25, -0.2) is 18.8 Å². The van der Waals surface area contributed by atoms with Gasteiger partial charge in [0.2, 0.25) is 6.29 Å². The van der Waals surface area contributed by atoms with Gasteiger partial charge < -0.3 is 4.90 Å². The second-order valence-electron chi connectivity index (χ2n) is 5.68. The first-order valence-corrected chi connectivity index (χ1v) is 7.99. The lowest BCUT2D eigenvalue weighted by Gasteiger charge is -2.31. The highest BCUT2D eigenvalue weighted by Gasteiger charge is 2.25. The maximum absolute atomic E-state index is 13.9. The van der Waals surface area contributed by atoms with Crippen molar-refractivity contribution in [2.24, 2.45) is 4.99 Å². The SMILES string of the molecule is Cc1nc2cc(F)ccc2n1C1N=CC(F)=CN1c1ccc(Cl)cc1. The molecule has 0 N–H and O–H groups in total. The zero-order chi connectivity index (χ0) is 17.6. The van der Waals surface area contributed by atoms with Crippen molar-refractivity contribution in [3.63, 3.8) is 0 Å². The Morgan fingerprint density at radius 3 is 2.60 bits per heavy atom. The molecule has 0 radical (unpaired) electrons. The van der Waals surface area contributed by atoms with Crippen LogP contribution < -0.4 is 4.90 Å². The van der Waals surface area contributed by atoms with Crippen LogP contribution in [0.2, 0.25) is 5.02 Å². The monoisotopic (exact) mass is 358 g/mol. The van der Waals surface area contributed by atoms with Crippen LogP contribution in [0.4, 0.5) is 14.5 Å². The van der Waals surface area contributed by atoms with Crippen LogP contribution in [0, 0.1) is 12.7 Å². The molecule has 0 amide bonds. The van der Waals surface area contributed by atoms with Gasteiger partial charge in [-0.1, -0.05) is 11.6 Å². The fraction of sp³-hybridized carbons (Fsp3) is 0.111. The van der Waals surface area contributed by atoms with Crippen LogP contribution in [0.1, 0.15) is 12.1 Å². The third-order valence-electron chi connectivity index (χ3n) is 4.03. The summed E-state index contributed by atoms with van der Waals surface area (Å²) in [7, 11) is 0. The van der Waals surface area contributed by atoms with Crippen molar-refractivity contribution in [3.8, 4) is 0 Å². The summed E-state index contributed by atoms with van der Waals surface area (Å²) in [6, 6.07) is 11.4. The largest absolute Gasteiger partial charge is 0.305 e. The molecule has 0 saturated heterocycles. The van der Waals surface area contributed by atoms with Crippen LogP contribution in [0.3, 0.4) is 0 Å². The van der Waals surface area contributed by atoms with E-state index in [0.29, 0.717) is 16.4 Å². The average molecular weight is 359 g/mol. The predicted molar refractivity (Wildman–Crippen MR) is 95.1 cm³/mol. The average Bonchev–Trinajstić information content (AvgIpc) is 2.90. The van der Waals surface area contributed by atoms with Crippen LogP contribution in [0.25, 0.3) is 11.0 Å². The van der Waals surface area contributed by atoms with Crippen molar-refractivity contribution in [1.29, 1.82) is 0 Å². The Balaban J connectivity index is 1.87. The third kappa shape index (κ3) is 2.78. The van der Waals surface area contributed by atoms with Gasteiger partial charge in [-0.2, -0.15) is 0 Å². The van der Waals surface area contributed by atoms with Gasteiger partial charge in [0, 0.05) is 23.0 Å². The molecule has 1 aliphatic heterocycles. The van der Waals surface area contributed by atoms with Gasteiger partial charge in [-0.3, -0.25) is 4.57 Å². The van der Waals surface area contributed by atoms with Crippen LogP contribution in [-0.4, -0.2) is 15.8 Å². The summed E-state index contributed by atoms with van der Waals surface area (Å²) in [6.07, 6.45) is 1.97. The van der Waals surface area contributed by atoms with Gasteiger partial charge in [-0.15, -0.1) is 0 Å². The number of aryl methyl sites for hydroxylation is 1. The van der Waals surface area contributed by atoms with E-state index >= 15 is 0 Å². The van der Waals surface area contributed by atoms with Crippen molar-refractivity contribution in [3.05, 3.63) is 71.2 Å². The highest BCUT2D eigenvalue weighted by Crippen LogP contribution is 2.32. The lowest BCUT2D eigenvalue weighted by atomic mass is 10.2. The molecule has 1 aliphatic rings. The van der Waals surface area contributed by atoms with E-state index in [4.69, 9.17) is 11.6 Å². The van der Waals surface area contributed by atoms with Gasteiger partial charge in [0.25, 0.3) is 0 Å². The Bertz CT molecular complexity index is 1010. The smallest absolute Gasteiger partial charge is 0.208 e. The first kappa shape index (κ1) is 15.8. The van der Waals surface area contributed by atoms with E-state index in [1.54, 1.807) is 35.2 Å². The number of rotatable bonds is 2. The minimum Gasteiger partial charge on any atom is -0.305 e. The summed E-state index contributed by atoms with van der Waals surface area (Å²) in [5.74, 6) is -0.165. The van der Waals surface area contributed by atoms with E-state index in [9.17, 15) is 8.78 Å². The minimum absolute atomic E-state index is 0.357. The molecule has 0 aliphatic carbocycles. The number of imidazole rings is 1. The predicted octanol–water partition coefficient (Wildman–Crippen LogP) is 5.00. The molecule has 0 spiro atoms. The van der Waals surface area contributed by atoms with Crippen LogP contribution in [0.15, 0.2) is 59.5 Å². The molecule has 3 aromatic rings. The number of fused-ring (bicyclic) bond motifs is 1. The van der Waals surface area contributed by atoms with Crippen molar-refractivity contribution in [1.82, 2.24) is 9.55 Å². The molecule has 0 fully saturated rings. The molecule has 126 valence electrons. The number of halogens is 3. The van der Waals surface area contributed by atoms with Crippen molar-refractivity contribution in [2.75, 3.05) is 4.90 Å². The van der Waals surface area contributed by atoms with Gasteiger partial charge in [-0.05, 0) is 43.3 Å². The third-order valence-corrected chi connectivity index (χ3v) is 4.28. The number of nitrogens with zero attached hydrogens (tertiary/aromatic N) is 4. The Labute approximate surface area is 147 Å². The van der Waals surface area contributed by atoms with E-state index in [0.717, 1.165) is 11.2 Å². The fourth-order valence-corrected chi connectivity index (χ4v) is 3.06. The van der Waals surface area contributed by atoms with E-state index in [-0.39, 0.29) is 5.82 Å². The number of aliphatic imine (C=N–C) groups is 1. The Morgan fingerprint density at radius 1 is 1.08 bits per heavy atom. The molecule has 0 bridgehead atoms. The van der Waals surface area contributed by atoms with Crippen molar-refractivity contribution < 1.29 is 8.78 Å². The fourth-order valence-electron chi connectivity index (χ4n) is 2.94. The quantitative estimate of drug-likeness (QED) is 0.646. The Kier molecular flexibility index (Phi) is 3.77. The molecule has 4 nitrogen and oxygen atoms in total. The zero-order valence-corrected chi connectivity index (χ0v) is 14.0. The van der Waals surface area contributed by atoms with Gasteiger partial charge in [0.15, 0.2) is 5.83 Å². The lowest BCUT2D eigenvalue weighted by Crippen LogP contribution is -2.30. The first-order chi connectivity index (χ1) is 12.0. The molecule has 0 saturated carbocycles. The summed E-state index contributed by atoms with van der Waals surface area (Å²) in [6.45, 7) is 1.81. The normalized spacial score (nSPS) is 17.2. The highest BCUT2D eigenvalue weighted by atomic mass is 35.5. The summed E-state index contributed by atoms with van der Waals surface area (Å²) in [4.78, 5) is 10.4. The molecule has 4 rings (SSSR count). The number of hydrogen-bond donors (Lipinski definition) is 0. The highest BCUT2D eigenvalue weighted by molar-refractivity contribution is 6.30. The lowest BCUT2D eigenvalue weighted by molar-refractivity contribution is 0.514. The van der Waals surface area contributed by atoms with Crippen LogP contribution in [-0.2, 0) is 0 Å². The number of allylic oxidation sites excluding steroid dienone is 1. The number of hydrogen-bond acceptors (Lipinski definition) is 3. The number of aromatic nitrogens is 2. The maximum Gasteiger partial charge on any atom is 0.208 e. The molecular weight excluding hydrogens is 346 g/mol. The van der Waals surface area contributed by atoms with Crippen molar-refractivity contribution in [2.45, 2.75) is 13.2 Å². The van der Waals surface area contributed by atoms with E-state index in [2.05, 4.69) is 9.98 Å². The van der Waals surface area contributed by atoms with Crippen LogP contribution >= 0.6 is 11.6 Å². The molecule has 1 atom stereocenters. The second kappa shape index (κ2) is 5.97. The molecule has 7 heteroatoms. The van der Waals surface area contributed by atoms with Crippen molar-refractivity contribution >= 4 is 34.5 Å². The Morgan fingerprint density at radius 2 is 1.84 bits per heavy atom. The Hall–Kier alpha value is -2.73. The van der Waals surface area contributed by atoms with E-state index in [1.807, 2.05) is 11.5 Å². The zero-order valence-electron chi connectivity index (χ0n) is 13.2. The van der Waals surface area contributed by atoms with E-state index < -0.39 is 12.1 Å². The minimum atomic E-state index is -0.573. The number of anilines is 1. The van der Waals surface area contributed by atoms with Gasteiger partial charge >= 0.3 is 0 Å². The van der Waals surface area contributed by atoms with Crippen LogP contribution in [0.5, 0.6) is 0 Å². The van der Waals surface area contributed by atoms with Gasteiger partial charge in [0.05, 0.1) is 17.2 Å².